The first-order valence-electron chi connectivity index (χ1n) is 11.1. The Hall–Kier alpha value is -3.00. The summed E-state index contributed by atoms with van der Waals surface area (Å²) in [5.74, 6) is 0.0129. The fourth-order valence-electron chi connectivity index (χ4n) is 4.26. The maximum Gasteiger partial charge on any atom is 0.258 e. The van der Waals surface area contributed by atoms with Gasteiger partial charge >= 0.3 is 0 Å². The quantitative estimate of drug-likeness (QED) is 0.501. The zero-order chi connectivity index (χ0) is 23.4. The zero-order valence-corrected chi connectivity index (χ0v) is 19.8. The molecule has 3 aromatic carbocycles. The maximum absolute atomic E-state index is 13.4. The molecule has 0 aliphatic carbocycles. The van der Waals surface area contributed by atoms with Crippen LogP contribution in [0.5, 0.6) is 0 Å². The van der Waals surface area contributed by atoms with Gasteiger partial charge in [0.25, 0.3) is 5.91 Å². The first-order valence-corrected chi connectivity index (χ1v) is 13.0. The number of nitrogens with zero attached hydrogens (tertiary/aromatic N) is 1. The number of fused-ring (bicyclic) bond motifs is 1. The molecule has 1 heterocycles. The van der Waals surface area contributed by atoms with E-state index in [4.69, 9.17) is 0 Å². The molecular formula is C26H29N3O3S. The van der Waals surface area contributed by atoms with E-state index >= 15 is 0 Å². The molecule has 0 saturated carbocycles. The van der Waals surface area contributed by atoms with Gasteiger partial charge in [0.1, 0.15) is 0 Å². The fraction of sp³-hybridized carbons (Fsp3) is 0.269. The van der Waals surface area contributed by atoms with Crippen LogP contribution in [-0.4, -0.2) is 40.2 Å². The molecule has 6 nitrogen and oxygen atoms in total. The van der Waals surface area contributed by atoms with E-state index < -0.39 is 10.0 Å². The lowest BCUT2D eigenvalue weighted by Crippen LogP contribution is -2.31. The second-order valence-electron chi connectivity index (χ2n) is 8.36. The molecule has 0 atom stereocenters. The van der Waals surface area contributed by atoms with Crippen LogP contribution in [0.2, 0.25) is 0 Å². The van der Waals surface area contributed by atoms with Gasteiger partial charge in [-0.2, -0.15) is 0 Å². The van der Waals surface area contributed by atoms with Crippen LogP contribution in [0.4, 0.5) is 5.69 Å². The molecule has 0 radical (unpaired) electrons. The van der Waals surface area contributed by atoms with Crippen molar-refractivity contribution in [1.82, 2.24) is 10.0 Å². The molecule has 33 heavy (non-hydrogen) atoms. The van der Waals surface area contributed by atoms with Gasteiger partial charge in [-0.1, -0.05) is 48.5 Å². The van der Waals surface area contributed by atoms with E-state index in [0.717, 1.165) is 29.5 Å². The number of nitrogens with one attached hydrogen (secondary N) is 2. The van der Waals surface area contributed by atoms with Crippen LogP contribution in [-0.2, 0) is 23.0 Å². The minimum absolute atomic E-state index is 0.0129. The van der Waals surface area contributed by atoms with Crippen LogP contribution in [0.3, 0.4) is 0 Å². The van der Waals surface area contributed by atoms with Gasteiger partial charge in [-0.05, 0) is 59.4 Å². The molecule has 1 aliphatic rings. The predicted molar refractivity (Wildman–Crippen MR) is 133 cm³/mol. The minimum atomic E-state index is -3.17. The first-order chi connectivity index (χ1) is 15.8. The van der Waals surface area contributed by atoms with Crippen LogP contribution >= 0.6 is 0 Å². The number of benzene rings is 3. The standard InChI is InChI=1S/C26H29N3O3S/c1-19-17-21(11-12-22(19)18-27-14-15-28-33(2,31)32)26(30)29-16-13-24-23(9-6-10-25(24)29)20-7-4-3-5-8-20/h3-12,17,27-28H,13-16,18H2,1-2H3. The van der Waals surface area contributed by atoms with Crippen LogP contribution in [0.15, 0.2) is 66.7 Å². The molecular weight excluding hydrogens is 434 g/mol. The molecule has 0 saturated heterocycles. The molecule has 7 heteroatoms. The number of rotatable bonds is 8. The third-order valence-electron chi connectivity index (χ3n) is 5.93. The van der Waals surface area contributed by atoms with Gasteiger partial charge in [0.15, 0.2) is 0 Å². The molecule has 0 aromatic heterocycles. The molecule has 172 valence electrons. The van der Waals surface area contributed by atoms with Gasteiger partial charge in [0.05, 0.1) is 6.26 Å². The van der Waals surface area contributed by atoms with Crippen molar-refractivity contribution in [1.29, 1.82) is 0 Å². The van der Waals surface area contributed by atoms with Gasteiger partial charge in [0, 0.05) is 37.4 Å². The Kier molecular flexibility index (Phi) is 6.93. The van der Waals surface area contributed by atoms with E-state index in [1.807, 2.05) is 60.4 Å². The van der Waals surface area contributed by atoms with E-state index in [2.05, 4.69) is 28.2 Å². The number of hydrogen-bond acceptors (Lipinski definition) is 4. The number of anilines is 1. The van der Waals surface area contributed by atoms with Gasteiger partial charge in [0.2, 0.25) is 10.0 Å². The van der Waals surface area contributed by atoms with Crippen molar-refractivity contribution in [3.63, 3.8) is 0 Å². The van der Waals surface area contributed by atoms with Crippen molar-refractivity contribution >= 4 is 21.6 Å². The number of carbonyl (C=O) groups is 1. The fourth-order valence-corrected chi connectivity index (χ4v) is 4.74. The number of carbonyl (C=O) groups excluding carboxylic acids is 1. The van der Waals surface area contributed by atoms with Crippen LogP contribution in [0.1, 0.15) is 27.0 Å². The summed E-state index contributed by atoms with van der Waals surface area (Å²) >= 11 is 0. The van der Waals surface area contributed by atoms with Crippen LogP contribution < -0.4 is 14.9 Å². The lowest BCUT2D eigenvalue weighted by molar-refractivity contribution is 0.0989. The highest BCUT2D eigenvalue weighted by atomic mass is 32.2. The number of sulfonamides is 1. The van der Waals surface area contributed by atoms with Crippen molar-refractivity contribution < 1.29 is 13.2 Å². The highest BCUT2D eigenvalue weighted by molar-refractivity contribution is 7.88. The average molecular weight is 464 g/mol. The van der Waals surface area contributed by atoms with E-state index in [1.165, 1.54) is 16.7 Å². The van der Waals surface area contributed by atoms with Gasteiger partial charge < -0.3 is 10.2 Å². The summed E-state index contributed by atoms with van der Waals surface area (Å²) in [7, 11) is -3.17. The second-order valence-corrected chi connectivity index (χ2v) is 10.2. The molecule has 1 amide bonds. The summed E-state index contributed by atoms with van der Waals surface area (Å²) in [4.78, 5) is 15.2. The lowest BCUT2D eigenvalue weighted by Gasteiger charge is -2.19. The Morgan fingerprint density at radius 1 is 1.00 bits per heavy atom. The maximum atomic E-state index is 13.4. The molecule has 3 aromatic rings. The highest BCUT2D eigenvalue weighted by Gasteiger charge is 2.27. The zero-order valence-electron chi connectivity index (χ0n) is 19.0. The average Bonchev–Trinajstić information content (AvgIpc) is 3.23. The van der Waals surface area contributed by atoms with Crippen molar-refractivity contribution in [3.05, 3.63) is 89.0 Å². The van der Waals surface area contributed by atoms with E-state index in [-0.39, 0.29) is 5.91 Å². The Labute approximate surface area is 195 Å². The smallest absolute Gasteiger partial charge is 0.258 e. The topological polar surface area (TPSA) is 78.5 Å². The largest absolute Gasteiger partial charge is 0.311 e. The SMILES string of the molecule is Cc1cc(C(=O)N2CCc3c(-c4ccccc4)cccc32)ccc1CNCCNS(C)(=O)=O. The van der Waals surface area contributed by atoms with Gasteiger partial charge in [-0.15, -0.1) is 0 Å². The Bertz CT molecular complexity index is 1260. The van der Waals surface area contributed by atoms with Crippen molar-refractivity contribution in [2.75, 3.05) is 30.8 Å². The normalized spacial score (nSPS) is 13.2. The number of hydrogen-bond donors (Lipinski definition) is 2. The van der Waals surface area contributed by atoms with Gasteiger partial charge in [-0.25, -0.2) is 13.1 Å². The number of amides is 1. The van der Waals surface area contributed by atoms with E-state index in [0.29, 0.717) is 31.7 Å². The molecule has 0 spiro atoms. The number of aryl methyl sites for hydroxylation is 1. The Morgan fingerprint density at radius 2 is 1.79 bits per heavy atom. The van der Waals surface area contributed by atoms with Gasteiger partial charge in [-0.3, -0.25) is 4.79 Å². The summed E-state index contributed by atoms with van der Waals surface area (Å²) in [6.07, 6.45) is 1.99. The monoisotopic (exact) mass is 463 g/mol. The van der Waals surface area contributed by atoms with Crippen LogP contribution in [0, 0.1) is 6.92 Å². The molecule has 0 bridgehead atoms. The van der Waals surface area contributed by atoms with Crippen molar-refractivity contribution in [2.45, 2.75) is 19.9 Å². The van der Waals surface area contributed by atoms with Crippen LogP contribution in [0.25, 0.3) is 11.1 Å². The summed E-state index contributed by atoms with van der Waals surface area (Å²) < 4.78 is 24.7. The highest BCUT2D eigenvalue weighted by Crippen LogP contribution is 2.36. The Balaban J connectivity index is 1.45. The predicted octanol–water partition coefficient (Wildman–Crippen LogP) is 3.50. The lowest BCUT2D eigenvalue weighted by atomic mass is 9.98. The summed E-state index contributed by atoms with van der Waals surface area (Å²) in [5, 5.41) is 3.23. The van der Waals surface area contributed by atoms with E-state index in [9.17, 15) is 13.2 Å². The molecule has 2 N–H and O–H groups in total. The van der Waals surface area contributed by atoms with Crippen molar-refractivity contribution in [2.24, 2.45) is 0 Å². The molecule has 0 unspecified atom stereocenters. The third kappa shape index (κ3) is 5.50. The van der Waals surface area contributed by atoms with Crippen molar-refractivity contribution in [3.8, 4) is 11.1 Å². The molecule has 1 aliphatic heterocycles. The third-order valence-corrected chi connectivity index (χ3v) is 6.66. The summed E-state index contributed by atoms with van der Waals surface area (Å²) in [5.41, 5.74) is 7.35. The summed E-state index contributed by atoms with van der Waals surface area (Å²) in [6, 6.07) is 22.2. The summed E-state index contributed by atoms with van der Waals surface area (Å²) in [6.45, 7) is 4.15. The van der Waals surface area contributed by atoms with E-state index in [1.54, 1.807) is 0 Å². The Morgan fingerprint density at radius 3 is 2.52 bits per heavy atom. The molecule has 4 rings (SSSR count). The minimum Gasteiger partial charge on any atom is -0.311 e. The molecule has 0 fully saturated rings. The second kappa shape index (κ2) is 9.87. The first kappa shape index (κ1) is 23.2.